The van der Waals surface area contributed by atoms with Crippen molar-refractivity contribution in [2.45, 2.75) is 12.5 Å². The lowest BCUT2D eigenvalue weighted by Gasteiger charge is -2.36. The summed E-state index contributed by atoms with van der Waals surface area (Å²) in [7, 11) is 0. The van der Waals surface area contributed by atoms with E-state index in [1.807, 2.05) is 47.4 Å². The normalized spacial score (nSPS) is 20.1. The van der Waals surface area contributed by atoms with Crippen molar-refractivity contribution < 1.29 is 9.59 Å². The Morgan fingerprint density at radius 1 is 0.963 bits per heavy atom. The highest BCUT2D eigenvalue weighted by Gasteiger charge is 2.33. The minimum atomic E-state index is -0.150. The second kappa shape index (κ2) is 7.65. The van der Waals surface area contributed by atoms with Crippen molar-refractivity contribution in [2.75, 3.05) is 42.5 Å². The summed E-state index contributed by atoms with van der Waals surface area (Å²) in [6.45, 7) is 3.42. The molecule has 7 nitrogen and oxygen atoms in total. The molecule has 4 rings (SSSR count). The number of carbonyl (C=O) groups excluding carboxylic acids is 2. The van der Waals surface area contributed by atoms with E-state index in [4.69, 9.17) is 0 Å². The van der Waals surface area contributed by atoms with Crippen LogP contribution in [0.1, 0.15) is 6.42 Å². The maximum absolute atomic E-state index is 12.6. The van der Waals surface area contributed by atoms with Crippen LogP contribution >= 0.6 is 0 Å². The van der Waals surface area contributed by atoms with Gasteiger partial charge in [0.15, 0.2) is 0 Å². The quantitative estimate of drug-likeness (QED) is 0.899. The monoisotopic (exact) mass is 365 g/mol. The van der Waals surface area contributed by atoms with E-state index in [0.29, 0.717) is 26.1 Å². The van der Waals surface area contributed by atoms with Gasteiger partial charge in [-0.2, -0.15) is 0 Å². The van der Waals surface area contributed by atoms with Gasteiger partial charge in [-0.15, -0.1) is 0 Å². The fraction of sp³-hybridized carbons (Fsp3) is 0.350. The smallest absolute Gasteiger partial charge is 0.317 e. The Hall–Kier alpha value is -3.09. The van der Waals surface area contributed by atoms with E-state index in [1.165, 1.54) is 0 Å². The van der Waals surface area contributed by atoms with Gasteiger partial charge in [0.1, 0.15) is 0 Å². The predicted octanol–water partition coefficient (Wildman–Crippen LogP) is 1.72. The molecule has 0 spiro atoms. The number of rotatable bonds is 3. The van der Waals surface area contributed by atoms with Gasteiger partial charge in [0.2, 0.25) is 5.91 Å². The topological polar surface area (TPSA) is 68.8 Å². The van der Waals surface area contributed by atoms with Crippen LogP contribution in [0.2, 0.25) is 0 Å². The van der Waals surface area contributed by atoms with Crippen molar-refractivity contribution in [3.63, 3.8) is 0 Å². The Morgan fingerprint density at radius 2 is 1.67 bits per heavy atom. The Bertz CT molecular complexity index is 791. The number of urea groups is 1. The Kier molecular flexibility index (Phi) is 4.91. The zero-order chi connectivity index (χ0) is 18.6. The SMILES string of the molecule is O=C(NC1CC(=O)N(c2ccccc2)C1)N1CCN(c2ccncc2)CC1. The van der Waals surface area contributed by atoms with Crippen LogP contribution < -0.4 is 15.1 Å². The third-order valence-electron chi connectivity index (χ3n) is 5.12. The standard InChI is InChI=1S/C20H23N5O2/c26-19-14-16(15-25(19)18-4-2-1-3-5-18)22-20(27)24-12-10-23(11-13-24)17-6-8-21-9-7-17/h1-9,16H,10-15H2,(H,22,27). The third kappa shape index (κ3) is 3.86. The summed E-state index contributed by atoms with van der Waals surface area (Å²) in [5.74, 6) is 0.0500. The molecule has 2 aliphatic heterocycles. The molecule has 1 N–H and O–H groups in total. The van der Waals surface area contributed by atoms with Crippen molar-refractivity contribution in [3.05, 3.63) is 54.9 Å². The molecule has 0 saturated carbocycles. The zero-order valence-corrected chi connectivity index (χ0v) is 15.1. The maximum atomic E-state index is 12.6. The lowest BCUT2D eigenvalue weighted by Crippen LogP contribution is -2.53. The summed E-state index contributed by atoms with van der Waals surface area (Å²) in [5, 5.41) is 3.03. The third-order valence-corrected chi connectivity index (χ3v) is 5.12. The molecule has 0 bridgehead atoms. The number of para-hydroxylation sites is 1. The second-order valence-corrected chi connectivity index (χ2v) is 6.87. The number of aromatic nitrogens is 1. The number of piperazine rings is 1. The fourth-order valence-corrected chi connectivity index (χ4v) is 3.65. The molecule has 3 amide bonds. The Morgan fingerprint density at radius 3 is 2.37 bits per heavy atom. The van der Waals surface area contributed by atoms with Gasteiger partial charge in [0.05, 0.1) is 6.04 Å². The number of hydrogen-bond donors (Lipinski definition) is 1. The van der Waals surface area contributed by atoms with E-state index < -0.39 is 0 Å². The van der Waals surface area contributed by atoms with Crippen molar-refractivity contribution in [2.24, 2.45) is 0 Å². The molecule has 1 unspecified atom stereocenters. The van der Waals surface area contributed by atoms with Crippen molar-refractivity contribution in [3.8, 4) is 0 Å². The van der Waals surface area contributed by atoms with Gasteiger partial charge in [-0.3, -0.25) is 9.78 Å². The van der Waals surface area contributed by atoms with Crippen LogP contribution in [0, 0.1) is 0 Å². The molecular weight excluding hydrogens is 342 g/mol. The first-order chi connectivity index (χ1) is 13.2. The molecule has 2 fully saturated rings. The molecule has 2 aliphatic rings. The van der Waals surface area contributed by atoms with Gasteiger partial charge in [0, 0.05) is 62.9 Å². The zero-order valence-electron chi connectivity index (χ0n) is 15.1. The summed E-state index contributed by atoms with van der Waals surface area (Å²) in [6, 6.07) is 13.3. The fourth-order valence-electron chi connectivity index (χ4n) is 3.65. The van der Waals surface area contributed by atoms with Crippen LogP contribution in [0.25, 0.3) is 0 Å². The molecule has 2 aromatic rings. The molecule has 0 radical (unpaired) electrons. The number of hydrogen-bond acceptors (Lipinski definition) is 4. The molecule has 7 heteroatoms. The second-order valence-electron chi connectivity index (χ2n) is 6.87. The minimum Gasteiger partial charge on any atom is -0.368 e. The van der Waals surface area contributed by atoms with Gasteiger partial charge < -0.3 is 20.0 Å². The molecule has 1 aromatic heterocycles. The van der Waals surface area contributed by atoms with E-state index in [1.54, 1.807) is 17.3 Å². The van der Waals surface area contributed by atoms with Crippen LogP contribution in [-0.4, -0.2) is 60.6 Å². The lowest BCUT2D eigenvalue weighted by molar-refractivity contribution is -0.117. The Balaban J connectivity index is 1.30. The van der Waals surface area contributed by atoms with Crippen molar-refractivity contribution >= 4 is 23.3 Å². The summed E-state index contributed by atoms with van der Waals surface area (Å²) in [4.78, 5) is 34.8. The lowest BCUT2D eigenvalue weighted by atomic mass is 10.2. The summed E-state index contributed by atoms with van der Waals surface area (Å²) >= 11 is 0. The largest absolute Gasteiger partial charge is 0.368 e. The van der Waals surface area contributed by atoms with Crippen LogP contribution in [0.4, 0.5) is 16.2 Å². The molecule has 1 aromatic carbocycles. The van der Waals surface area contributed by atoms with Crippen LogP contribution in [0.5, 0.6) is 0 Å². The molecular formula is C20H23N5O2. The van der Waals surface area contributed by atoms with Gasteiger partial charge in [-0.1, -0.05) is 18.2 Å². The Labute approximate surface area is 158 Å². The molecule has 3 heterocycles. The minimum absolute atomic E-state index is 0.0500. The highest BCUT2D eigenvalue weighted by molar-refractivity contribution is 5.96. The maximum Gasteiger partial charge on any atom is 0.317 e. The first-order valence-electron chi connectivity index (χ1n) is 9.26. The van der Waals surface area contributed by atoms with E-state index in [9.17, 15) is 9.59 Å². The number of nitrogens with one attached hydrogen (secondary N) is 1. The highest BCUT2D eigenvalue weighted by Crippen LogP contribution is 2.21. The molecule has 1 atom stereocenters. The molecule has 2 saturated heterocycles. The van der Waals surface area contributed by atoms with Gasteiger partial charge in [-0.25, -0.2) is 4.79 Å². The van der Waals surface area contributed by atoms with E-state index in [0.717, 1.165) is 24.5 Å². The van der Waals surface area contributed by atoms with Gasteiger partial charge in [0.25, 0.3) is 0 Å². The van der Waals surface area contributed by atoms with Crippen LogP contribution in [0.15, 0.2) is 54.9 Å². The number of carbonyl (C=O) groups is 2. The van der Waals surface area contributed by atoms with Gasteiger partial charge in [-0.05, 0) is 24.3 Å². The van der Waals surface area contributed by atoms with Crippen LogP contribution in [-0.2, 0) is 4.79 Å². The first kappa shape index (κ1) is 17.3. The predicted molar refractivity (Wildman–Crippen MR) is 104 cm³/mol. The number of nitrogens with zero attached hydrogens (tertiary/aromatic N) is 4. The summed E-state index contributed by atoms with van der Waals surface area (Å²) in [5.41, 5.74) is 2.01. The van der Waals surface area contributed by atoms with E-state index in [-0.39, 0.29) is 18.0 Å². The molecule has 27 heavy (non-hydrogen) atoms. The number of amides is 3. The summed E-state index contributed by atoms with van der Waals surface area (Å²) < 4.78 is 0. The number of benzene rings is 1. The van der Waals surface area contributed by atoms with E-state index in [2.05, 4.69) is 15.2 Å². The molecule has 0 aliphatic carbocycles. The average Bonchev–Trinajstić information content (AvgIpc) is 3.09. The van der Waals surface area contributed by atoms with Gasteiger partial charge >= 0.3 is 6.03 Å². The van der Waals surface area contributed by atoms with Crippen LogP contribution in [0.3, 0.4) is 0 Å². The summed E-state index contributed by atoms with van der Waals surface area (Å²) in [6.07, 6.45) is 3.91. The van der Waals surface area contributed by atoms with Crippen molar-refractivity contribution in [1.29, 1.82) is 0 Å². The van der Waals surface area contributed by atoms with E-state index >= 15 is 0 Å². The molecule has 140 valence electrons. The highest BCUT2D eigenvalue weighted by atomic mass is 16.2. The number of anilines is 2. The first-order valence-corrected chi connectivity index (χ1v) is 9.26. The number of pyridine rings is 1. The average molecular weight is 365 g/mol. The van der Waals surface area contributed by atoms with Crippen molar-refractivity contribution in [1.82, 2.24) is 15.2 Å².